The highest BCUT2D eigenvalue weighted by molar-refractivity contribution is 7.92. The molecule has 1 saturated carbocycles. The fraction of sp³-hybridized carbons (Fsp3) is 0.923. The average molecular weight is 273 g/mol. The zero-order valence-corrected chi connectivity index (χ0v) is 12.1. The molecule has 1 aliphatic carbocycles. The van der Waals surface area contributed by atoms with Gasteiger partial charge < -0.3 is 5.32 Å². The number of carbonyl (C=O) groups is 1. The van der Waals surface area contributed by atoms with Gasteiger partial charge in [0.1, 0.15) is 5.25 Å². The Kier molecular flexibility index (Phi) is 3.72. The van der Waals surface area contributed by atoms with Crippen LogP contribution in [0.3, 0.4) is 0 Å². The fourth-order valence-electron chi connectivity index (χ4n) is 3.10. The highest BCUT2D eigenvalue weighted by Crippen LogP contribution is 2.37. The highest BCUT2D eigenvalue weighted by Gasteiger charge is 2.38. The van der Waals surface area contributed by atoms with Gasteiger partial charge in [0.2, 0.25) is 5.91 Å². The van der Waals surface area contributed by atoms with Crippen molar-refractivity contribution in [1.82, 2.24) is 5.32 Å². The molecule has 0 spiro atoms. The van der Waals surface area contributed by atoms with Gasteiger partial charge in [-0.1, -0.05) is 20.3 Å². The zero-order chi connectivity index (χ0) is 13.4. The summed E-state index contributed by atoms with van der Waals surface area (Å²) in [5.74, 6) is -0.0984. The van der Waals surface area contributed by atoms with Crippen molar-refractivity contribution in [2.24, 2.45) is 5.41 Å². The van der Waals surface area contributed by atoms with E-state index in [1.165, 1.54) is 0 Å². The van der Waals surface area contributed by atoms with E-state index in [0.29, 0.717) is 12.8 Å². The van der Waals surface area contributed by atoms with Gasteiger partial charge >= 0.3 is 0 Å². The maximum atomic E-state index is 12.1. The maximum Gasteiger partial charge on any atom is 0.238 e. The fourth-order valence-corrected chi connectivity index (χ4v) is 4.91. The zero-order valence-electron chi connectivity index (χ0n) is 11.2. The van der Waals surface area contributed by atoms with E-state index in [2.05, 4.69) is 19.2 Å². The van der Waals surface area contributed by atoms with E-state index < -0.39 is 15.1 Å². The molecule has 0 aromatic heterocycles. The Bertz CT molecular complexity index is 428. The summed E-state index contributed by atoms with van der Waals surface area (Å²) in [5.41, 5.74) is 0.267. The molecule has 1 aliphatic heterocycles. The molecule has 0 radical (unpaired) electrons. The van der Waals surface area contributed by atoms with E-state index in [1.807, 2.05) is 0 Å². The molecule has 0 aromatic carbocycles. The first-order valence-corrected chi connectivity index (χ1v) is 8.54. The minimum atomic E-state index is -3.21. The predicted octanol–water partition coefficient (Wildman–Crippen LogP) is 1.65. The molecule has 0 aromatic rings. The Morgan fingerprint density at radius 3 is 2.50 bits per heavy atom. The topological polar surface area (TPSA) is 63.2 Å². The summed E-state index contributed by atoms with van der Waals surface area (Å²) in [5, 5.41) is 2.15. The normalized spacial score (nSPS) is 34.1. The molecule has 2 atom stereocenters. The van der Waals surface area contributed by atoms with Crippen molar-refractivity contribution >= 4 is 15.7 Å². The number of nitrogens with one attached hydrogen (secondary N) is 1. The molecule has 1 amide bonds. The molecule has 1 N–H and O–H groups in total. The summed E-state index contributed by atoms with van der Waals surface area (Å²) in [7, 11) is -3.21. The van der Waals surface area contributed by atoms with Gasteiger partial charge in [-0.2, -0.15) is 0 Å². The first-order valence-electron chi connectivity index (χ1n) is 6.82. The molecule has 1 heterocycles. The summed E-state index contributed by atoms with van der Waals surface area (Å²) in [6, 6.07) is 0.157. The van der Waals surface area contributed by atoms with E-state index in [0.717, 1.165) is 25.7 Å². The SMILES string of the molecule is CC1(C)CCC(NC(=O)C2CCCCS2(=O)=O)C1. The molecule has 104 valence electrons. The van der Waals surface area contributed by atoms with Crippen LogP contribution in [-0.2, 0) is 14.6 Å². The Hall–Kier alpha value is -0.580. The maximum absolute atomic E-state index is 12.1. The lowest BCUT2D eigenvalue weighted by Crippen LogP contribution is -2.46. The van der Waals surface area contributed by atoms with Crippen molar-refractivity contribution in [2.45, 2.75) is 63.7 Å². The summed E-state index contributed by atoms with van der Waals surface area (Å²) in [6.45, 7) is 4.38. The lowest BCUT2D eigenvalue weighted by Gasteiger charge is -2.24. The van der Waals surface area contributed by atoms with Gasteiger partial charge in [-0.3, -0.25) is 4.79 Å². The van der Waals surface area contributed by atoms with Crippen LogP contribution in [0.1, 0.15) is 52.4 Å². The second kappa shape index (κ2) is 4.83. The number of carbonyl (C=O) groups excluding carboxylic acids is 1. The lowest BCUT2D eigenvalue weighted by molar-refractivity contribution is -0.121. The van der Waals surface area contributed by atoms with E-state index in [1.54, 1.807) is 0 Å². The van der Waals surface area contributed by atoms with Crippen LogP contribution in [0.15, 0.2) is 0 Å². The van der Waals surface area contributed by atoms with E-state index in [-0.39, 0.29) is 23.1 Å². The highest BCUT2D eigenvalue weighted by atomic mass is 32.2. The van der Waals surface area contributed by atoms with E-state index in [9.17, 15) is 13.2 Å². The number of sulfone groups is 1. The Balaban J connectivity index is 1.96. The number of amides is 1. The van der Waals surface area contributed by atoms with Gasteiger partial charge in [-0.15, -0.1) is 0 Å². The van der Waals surface area contributed by atoms with Crippen molar-refractivity contribution in [3.05, 3.63) is 0 Å². The smallest absolute Gasteiger partial charge is 0.238 e. The first kappa shape index (κ1) is 13.8. The van der Waals surface area contributed by atoms with E-state index >= 15 is 0 Å². The summed E-state index contributed by atoms with van der Waals surface area (Å²) >= 11 is 0. The van der Waals surface area contributed by atoms with Crippen molar-refractivity contribution in [1.29, 1.82) is 0 Å². The van der Waals surface area contributed by atoms with Crippen LogP contribution >= 0.6 is 0 Å². The molecule has 18 heavy (non-hydrogen) atoms. The molecule has 2 unspecified atom stereocenters. The second-order valence-electron chi connectivity index (χ2n) is 6.46. The Morgan fingerprint density at radius 1 is 1.22 bits per heavy atom. The number of rotatable bonds is 2. The monoisotopic (exact) mass is 273 g/mol. The van der Waals surface area contributed by atoms with Crippen LogP contribution < -0.4 is 5.32 Å². The summed E-state index contributed by atoms with van der Waals surface area (Å²) in [4.78, 5) is 12.1. The van der Waals surface area contributed by atoms with Crippen molar-refractivity contribution in [3.8, 4) is 0 Å². The van der Waals surface area contributed by atoms with Crippen molar-refractivity contribution < 1.29 is 13.2 Å². The molecule has 2 aliphatic rings. The minimum Gasteiger partial charge on any atom is -0.352 e. The molecule has 2 fully saturated rings. The Morgan fingerprint density at radius 2 is 1.94 bits per heavy atom. The second-order valence-corrected chi connectivity index (χ2v) is 8.77. The average Bonchev–Trinajstić information content (AvgIpc) is 2.57. The Labute approximate surface area is 109 Å². The third-order valence-corrected chi connectivity index (χ3v) is 6.36. The molecule has 1 saturated heterocycles. The molecular weight excluding hydrogens is 250 g/mol. The van der Waals surface area contributed by atoms with Crippen molar-refractivity contribution in [2.75, 3.05) is 5.75 Å². The lowest BCUT2D eigenvalue weighted by atomic mass is 9.92. The van der Waals surface area contributed by atoms with Gasteiger partial charge in [0, 0.05) is 6.04 Å². The third kappa shape index (κ3) is 3.05. The van der Waals surface area contributed by atoms with E-state index in [4.69, 9.17) is 0 Å². The van der Waals surface area contributed by atoms with Crippen molar-refractivity contribution in [3.63, 3.8) is 0 Å². The summed E-state index contributed by atoms with van der Waals surface area (Å²) in [6.07, 6.45) is 5.03. The number of hydrogen-bond acceptors (Lipinski definition) is 3. The third-order valence-electron chi connectivity index (χ3n) is 4.19. The summed E-state index contributed by atoms with van der Waals surface area (Å²) < 4.78 is 23.7. The largest absolute Gasteiger partial charge is 0.352 e. The number of hydrogen-bond donors (Lipinski definition) is 1. The van der Waals surface area contributed by atoms with Crippen LogP contribution in [0, 0.1) is 5.41 Å². The molecule has 5 heteroatoms. The van der Waals surface area contributed by atoms with Gasteiger partial charge in [0.15, 0.2) is 9.84 Å². The minimum absolute atomic E-state index is 0.157. The van der Waals surface area contributed by atoms with Gasteiger partial charge in [-0.05, 0) is 37.5 Å². The first-order chi connectivity index (χ1) is 8.30. The quantitative estimate of drug-likeness (QED) is 0.832. The molecule has 4 nitrogen and oxygen atoms in total. The van der Waals surface area contributed by atoms with Gasteiger partial charge in [-0.25, -0.2) is 8.42 Å². The van der Waals surface area contributed by atoms with Crippen LogP contribution in [0.5, 0.6) is 0 Å². The van der Waals surface area contributed by atoms with Crippen LogP contribution in [-0.4, -0.2) is 31.4 Å². The van der Waals surface area contributed by atoms with Gasteiger partial charge in [0.05, 0.1) is 5.75 Å². The predicted molar refractivity (Wildman–Crippen MR) is 71.0 cm³/mol. The van der Waals surface area contributed by atoms with Crippen LogP contribution in [0.25, 0.3) is 0 Å². The molecule has 2 rings (SSSR count). The van der Waals surface area contributed by atoms with Gasteiger partial charge in [0.25, 0.3) is 0 Å². The van der Waals surface area contributed by atoms with Crippen LogP contribution in [0.2, 0.25) is 0 Å². The molecule has 0 bridgehead atoms. The van der Waals surface area contributed by atoms with Crippen LogP contribution in [0.4, 0.5) is 0 Å². The molecular formula is C13H23NO3S. The standard InChI is InChI=1S/C13H23NO3S/c1-13(2)7-6-10(9-13)14-12(15)11-5-3-4-8-18(11,16)17/h10-11H,3-9H2,1-2H3,(H,14,15).